The van der Waals surface area contributed by atoms with E-state index in [-0.39, 0.29) is 10.3 Å². The minimum absolute atomic E-state index is 0.151. The highest BCUT2D eigenvalue weighted by Crippen LogP contribution is 2.34. The molecule has 21 heavy (non-hydrogen) atoms. The number of hydrogen-bond acceptors (Lipinski definition) is 2. The summed E-state index contributed by atoms with van der Waals surface area (Å²) in [6, 6.07) is 6.59. The first kappa shape index (κ1) is 16.0. The maximum Gasteiger partial charge on any atom is 0.417 e. The SMILES string of the molecule is O=C(Nc1ncccc1Br)c1ccc(Br)cc1C(F)(F)F. The first-order chi connectivity index (χ1) is 9.79. The predicted molar refractivity (Wildman–Crippen MR) is 79.0 cm³/mol. The molecule has 0 atom stereocenters. The first-order valence-electron chi connectivity index (χ1n) is 5.57. The molecule has 0 saturated heterocycles. The van der Waals surface area contributed by atoms with Crippen LogP contribution in [0, 0.1) is 0 Å². The average molecular weight is 424 g/mol. The Morgan fingerprint density at radius 3 is 2.52 bits per heavy atom. The van der Waals surface area contributed by atoms with E-state index in [1.54, 1.807) is 12.1 Å². The van der Waals surface area contributed by atoms with Gasteiger partial charge in [-0.1, -0.05) is 15.9 Å². The van der Waals surface area contributed by atoms with Crippen molar-refractivity contribution < 1.29 is 18.0 Å². The number of nitrogens with one attached hydrogen (secondary N) is 1. The summed E-state index contributed by atoms with van der Waals surface area (Å²) in [6.45, 7) is 0. The number of carbonyl (C=O) groups is 1. The molecule has 0 aliphatic rings. The summed E-state index contributed by atoms with van der Waals surface area (Å²) in [4.78, 5) is 15.9. The van der Waals surface area contributed by atoms with Gasteiger partial charge in [0.05, 0.1) is 15.6 Å². The van der Waals surface area contributed by atoms with E-state index in [4.69, 9.17) is 0 Å². The highest BCUT2D eigenvalue weighted by atomic mass is 79.9. The number of nitrogens with zero attached hydrogens (tertiary/aromatic N) is 1. The fraction of sp³-hybridized carbons (Fsp3) is 0.0769. The number of halogens is 5. The van der Waals surface area contributed by atoms with Gasteiger partial charge < -0.3 is 5.32 Å². The van der Waals surface area contributed by atoms with Crippen molar-refractivity contribution in [3.63, 3.8) is 0 Å². The molecule has 2 aromatic rings. The Balaban J connectivity index is 2.38. The lowest BCUT2D eigenvalue weighted by atomic mass is 10.1. The third-order valence-electron chi connectivity index (χ3n) is 2.52. The van der Waals surface area contributed by atoms with Gasteiger partial charge in [0.25, 0.3) is 5.91 Å². The normalized spacial score (nSPS) is 11.3. The van der Waals surface area contributed by atoms with Crippen LogP contribution in [0.25, 0.3) is 0 Å². The van der Waals surface area contributed by atoms with Gasteiger partial charge in [0.1, 0.15) is 5.82 Å². The molecule has 0 bridgehead atoms. The highest BCUT2D eigenvalue weighted by Gasteiger charge is 2.35. The van der Waals surface area contributed by atoms with Crippen molar-refractivity contribution in [1.29, 1.82) is 0 Å². The van der Waals surface area contributed by atoms with Gasteiger partial charge in [0.15, 0.2) is 0 Å². The van der Waals surface area contributed by atoms with Gasteiger partial charge in [0, 0.05) is 10.7 Å². The number of aromatic nitrogens is 1. The van der Waals surface area contributed by atoms with E-state index in [0.29, 0.717) is 4.47 Å². The molecule has 8 heteroatoms. The second kappa shape index (κ2) is 6.15. The fourth-order valence-corrected chi connectivity index (χ4v) is 2.32. The van der Waals surface area contributed by atoms with Gasteiger partial charge in [-0.2, -0.15) is 13.2 Å². The molecule has 0 aliphatic carbocycles. The smallest absolute Gasteiger partial charge is 0.306 e. The second-order valence-electron chi connectivity index (χ2n) is 3.98. The molecule has 0 fully saturated rings. The number of carbonyl (C=O) groups excluding carboxylic acids is 1. The summed E-state index contributed by atoms with van der Waals surface area (Å²) in [7, 11) is 0. The molecule has 0 radical (unpaired) electrons. The predicted octanol–water partition coefficient (Wildman–Crippen LogP) is 4.88. The molecule has 1 N–H and O–H groups in total. The molecule has 1 heterocycles. The molecule has 0 unspecified atom stereocenters. The monoisotopic (exact) mass is 422 g/mol. The molecule has 1 aromatic carbocycles. The summed E-state index contributed by atoms with van der Waals surface area (Å²) in [6.07, 6.45) is -3.20. The molecule has 3 nitrogen and oxygen atoms in total. The molecule has 110 valence electrons. The van der Waals surface area contributed by atoms with Crippen molar-refractivity contribution in [3.05, 3.63) is 56.6 Å². The van der Waals surface area contributed by atoms with Crippen molar-refractivity contribution in [3.8, 4) is 0 Å². The van der Waals surface area contributed by atoms with Crippen LogP contribution < -0.4 is 5.32 Å². The fourth-order valence-electron chi connectivity index (χ4n) is 1.60. The first-order valence-corrected chi connectivity index (χ1v) is 7.16. The molecular formula is C13H7Br2F3N2O. The Labute approximate surface area is 134 Å². The Bertz CT molecular complexity index is 689. The van der Waals surface area contributed by atoms with E-state index < -0.39 is 23.2 Å². The summed E-state index contributed by atoms with van der Waals surface area (Å²) in [5.41, 5.74) is -1.48. The van der Waals surface area contributed by atoms with Crippen LogP contribution in [0.5, 0.6) is 0 Å². The maximum atomic E-state index is 13.0. The Morgan fingerprint density at radius 1 is 1.19 bits per heavy atom. The van der Waals surface area contributed by atoms with Crippen molar-refractivity contribution in [2.24, 2.45) is 0 Å². The number of benzene rings is 1. The van der Waals surface area contributed by atoms with E-state index in [2.05, 4.69) is 42.2 Å². The standard InChI is InChI=1S/C13H7Br2F3N2O/c14-7-3-4-8(9(6-7)13(16,17)18)12(21)20-11-10(15)2-1-5-19-11/h1-6H,(H,19,20,21). The summed E-state index contributed by atoms with van der Waals surface area (Å²) >= 11 is 6.12. The number of rotatable bonds is 2. The van der Waals surface area contributed by atoms with Crippen LogP contribution in [0.3, 0.4) is 0 Å². The highest BCUT2D eigenvalue weighted by molar-refractivity contribution is 9.10. The minimum Gasteiger partial charge on any atom is -0.306 e. The largest absolute Gasteiger partial charge is 0.417 e. The third-order valence-corrected chi connectivity index (χ3v) is 3.66. The lowest BCUT2D eigenvalue weighted by Crippen LogP contribution is -2.19. The van der Waals surface area contributed by atoms with E-state index in [1.807, 2.05) is 0 Å². The molecular weight excluding hydrogens is 417 g/mol. The summed E-state index contributed by atoms with van der Waals surface area (Å²) in [5.74, 6) is -0.729. The van der Waals surface area contributed by atoms with Crippen LogP contribution in [-0.2, 0) is 6.18 Å². The topological polar surface area (TPSA) is 42.0 Å². The zero-order valence-corrected chi connectivity index (χ0v) is 13.4. The Hall–Kier alpha value is -1.41. The zero-order valence-electron chi connectivity index (χ0n) is 10.2. The van der Waals surface area contributed by atoms with Gasteiger partial charge >= 0.3 is 6.18 Å². The Kier molecular flexibility index (Phi) is 4.67. The minimum atomic E-state index is -4.63. The van der Waals surface area contributed by atoms with Gasteiger partial charge in [-0.05, 0) is 46.3 Å². The lowest BCUT2D eigenvalue weighted by Gasteiger charge is -2.13. The number of pyridine rings is 1. The molecule has 0 aliphatic heterocycles. The zero-order chi connectivity index (χ0) is 15.6. The van der Waals surface area contributed by atoms with Crippen molar-refractivity contribution in [2.75, 3.05) is 5.32 Å². The molecule has 0 saturated carbocycles. The molecule has 2 rings (SSSR count). The van der Waals surface area contributed by atoms with Gasteiger partial charge in [-0.15, -0.1) is 0 Å². The van der Waals surface area contributed by atoms with Crippen LogP contribution >= 0.6 is 31.9 Å². The van der Waals surface area contributed by atoms with E-state index >= 15 is 0 Å². The van der Waals surface area contributed by atoms with E-state index in [1.165, 1.54) is 12.3 Å². The van der Waals surface area contributed by atoms with E-state index in [0.717, 1.165) is 12.1 Å². The van der Waals surface area contributed by atoms with Crippen LogP contribution in [0.2, 0.25) is 0 Å². The van der Waals surface area contributed by atoms with Gasteiger partial charge in [-0.25, -0.2) is 4.98 Å². The third kappa shape index (κ3) is 3.82. The molecule has 1 aromatic heterocycles. The second-order valence-corrected chi connectivity index (χ2v) is 5.75. The summed E-state index contributed by atoms with van der Waals surface area (Å²) in [5, 5.41) is 2.35. The molecule has 0 spiro atoms. The van der Waals surface area contributed by atoms with Gasteiger partial charge in [0.2, 0.25) is 0 Å². The maximum absolute atomic E-state index is 13.0. The van der Waals surface area contributed by atoms with Crippen LogP contribution in [0.1, 0.15) is 15.9 Å². The van der Waals surface area contributed by atoms with Crippen molar-refractivity contribution >= 4 is 43.6 Å². The van der Waals surface area contributed by atoms with Crippen molar-refractivity contribution in [1.82, 2.24) is 4.98 Å². The van der Waals surface area contributed by atoms with Crippen LogP contribution in [0.15, 0.2) is 45.5 Å². The van der Waals surface area contributed by atoms with Crippen molar-refractivity contribution in [2.45, 2.75) is 6.18 Å². The number of alkyl halides is 3. The van der Waals surface area contributed by atoms with Gasteiger partial charge in [-0.3, -0.25) is 4.79 Å². The molecule has 1 amide bonds. The number of amides is 1. The number of anilines is 1. The average Bonchev–Trinajstić information content (AvgIpc) is 2.40. The summed E-state index contributed by atoms with van der Waals surface area (Å²) < 4.78 is 39.7. The van der Waals surface area contributed by atoms with Crippen LogP contribution in [0.4, 0.5) is 19.0 Å². The quantitative estimate of drug-likeness (QED) is 0.748. The van der Waals surface area contributed by atoms with E-state index in [9.17, 15) is 18.0 Å². The lowest BCUT2D eigenvalue weighted by molar-refractivity contribution is -0.137. The number of hydrogen-bond donors (Lipinski definition) is 1. The Morgan fingerprint density at radius 2 is 1.90 bits per heavy atom. The van der Waals surface area contributed by atoms with Crippen LogP contribution in [-0.4, -0.2) is 10.9 Å².